The van der Waals surface area contributed by atoms with Gasteiger partial charge in [0.1, 0.15) is 5.82 Å². The summed E-state index contributed by atoms with van der Waals surface area (Å²) < 4.78 is 19.4. The SMILES string of the molecule is COC1CN(c2cccc(F)c2)C12CCN(C(=O)C1CC=CC1)CC2. The molecule has 0 radical (unpaired) electrons. The van der Waals surface area contributed by atoms with E-state index in [4.69, 9.17) is 4.74 Å². The van der Waals surface area contributed by atoms with E-state index in [0.29, 0.717) is 0 Å². The average molecular weight is 344 g/mol. The number of carbonyl (C=O) groups excluding carboxylic acids is 1. The Morgan fingerprint density at radius 2 is 1.96 bits per heavy atom. The van der Waals surface area contributed by atoms with Crippen molar-refractivity contribution in [1.29, 1.82) is 0 Å². The van der Waals surface area contributed by atoms with Crippen LogP contribution in [-0.2, 0) is 9.53 Å². The maximum absolute atomic E-state index is 13.6. The molecule has 0 aromatic heterocycles. The number of allylic oxidation sites excluding steroid dienone is 2. The molecule has 1 atom stereocenters. The number of piperidine rings is 1. The third-order valence-electron chi connectivity index (χ3n) is 6.19. The van der Waals surface area contributed by atoms with Gasteiger partial charge >= 0.3 is 0 Å². The third-order valence-corrected chi connectivity index (χ3v) is 6.19. The van der Waals surface area contributed by atoms with Gasteiger partial charge in [-0.1, -0.05) is 18.2 Å². The van der Waals surface area contributed by atoms with Crippen molar-refractivity contribution in [2.24, 2.45) is 5.92 Å². The van der Waals surface area contributed by atoms with Crippen LogP contribution in [0.25, 0.3) is 0 Å². The zero-order valence-electron chi connectivity index (χ0n) is 14.7. The number of halogens is 1. The maximum atomic E-state index is 13.6. The molecule has 134 valence electrons. The summed E-state index contributed by atoms with van der Waals surface area (Å²) >= 11 is 0. The van der Waals surface area contributed by atoms with Crippen molar-refractivity contribution in [3.63, 3.8) is 0 Å². The average Bonchev–Trinajstić information content (AvgIpc) is 3.15. The normalized spacial score (nSPS) is 25.4. The van der Waals surface area contributed by atoms with Crippen molar-refractivity contribution < 1.29 is 13.9 Å². The fourth-order valence-corrected chi connectivity index (χ4v) is 4.66. The van der Waals surface area contributed by atoms with Gasteiger partial charge in [-0.2, -0.15) is 0 Å². The Bertz CT molecular complexity index is 674. The molecule has 0 saturated carbocycles. The quantitative estimate of drug-likeness (QED) is 0.791. The summed E-state index contributed by atoms with van der Waals surface area (Å²) in [6.07, 6.45) is 7.83. The molecule has 4 rings (SSSR count). The molecule has 1 amide bonds. The van der Waals surface area contributed by atoms with Crippen LogP contribution in [0, 0.1) is 11.7 Å². The van der Waals surface area contributed by atoms with Crippen LogP contribution in [0.15, 0.2) is 36.4 Å². The molecular formula is C20H25FN2O2. The molecule has 0 bridgehead atoms. The van der Waals surface area contributed by atoms with Gasteiger partial charge in [-0.25, -0.2) is 4.39 Å². The fraction of sp³-hybridized carbons (Fsp3) is 0.550. The molecule has 1 aromatic rings. The van der Waals surface area contributed by atoms with Crippen LogP contribution in [-0.4, -0.2) is 49.2 Å². The number of nitrogens with zero attached hydrogens (tertiary/aromatic N) is 2. The molecule has 2 aliphatic heterocycles. The van der Waals surface area contributed by atoms with Crippen molar-refractivity contribution in [1.82, 2.24) is 4.90 Å². The topological polar surface area (TPSA) is 32.8 Å². The van der Waals surface area contributed by atoms with E-state index < -0.39 is 0 Å². The first-order valence-electron chi connectivity index (χ1n) is 9.14. The lowest BCUT2D eigenvalue weighted by Crippen LogP contribution is -2.74. The van der Waals surface area contributed by atoms with Gasteiger partial charge in [0.15, 0.2) is 0 Å². The number of likely N-dealkylation sites (tertiary alicyclic amines) is 1. The first kappa shape index (κ1) is 16.6. The molecular weight excluding hydrogens is 319 g/mol. The Hall–Kier alpha value is -1.88. The predicted molar refractivity (Wildman–Crippen MR) is 95.0 cm³/mol. The van der Waals surface area contributed by atoms with Crippen molar-refractivity contribution >= 4 is 11.6 Å². The van der Waals surface area contributed by atoms with Crippen LogP contribution < -0.4 is 4.90 Å². The van der Waals surface area contributed by atoms with E-state index in [2.05, 4.69) is 17.1 Å². The Morgan fingerprint density at radius 1 is 1.24 bits per heavy atom. The van der Waals surface area contributed by atoms with Gasteiger partial charge in [0, 0.05) is 38.3 Å². The van der Waals surface area contributed by atoms with Crippen molar-refractivity contribution in [3.8, 4) is 0 Å². The van der Waals surface area contributed by atoms with Gasteiger partial charge in [-0.3, -0.25) is 4.79 Å². The highest BCUT2D eigenvalue weighted by atomic mass is 19.1. The van der Waals surface area contributed by atoms with Crippen molar-refractivity contribution in [2.75, 3.05) is 31.6 Å². The van der Waals surface area contributed by atoms with E-state index in [1.807, 2.05) is 11.0 Å². The molecule has 0 N–H and O–H groups in total. The number of carbonyl (C=O) groups is 1. The minimum atomic E-state index is -0.213. The summed E-state index contributed by atoms with van der Waals surface area (Å²) in [5, 5.41) is 0. The largest absolute Gasteiger partial charge is 0.377 e. The Labute approximate surface area is 148 Å². The molecule has 4 nitrogen and oxygen atoms in total. The van der Waals surface area contributed by atoms with Crippen molar-refractivity contribution in [3.05, 3.63) is 42.2 Å². The highest BCUT2D eigenvalue weighted by molar-refractivity contribution is 5.80. The highest BCUT2D eigenvalue weighted by Gasteiger charge is 2.55. The maximum Gasteiger partial charge on any atom is 0.226 e. The monoisotopic (exact) mass is 344 g/mol. The zero-order chi connectivity index (χ0) is 17.4. The number of hydrogen-bond acceptors (Lipinski definition) is 3. The third kappa shape index (κ3) is 2.74. The number of rotatable bonds is 3. The van der Waals surface area contributed by atoms with E-state index >= 15 is 0 Å². The molecule has 1 aliphatic carbocycles. The fourth-order valence-electron chi connectivity index (χ4n) is 4.66. The second-order valence-electron chi connectivity index (χ2n) is 7.38. The van der Waals surface area contributed by atoms with Crippen LogP contribution in [0.4, 0.5) is 10.1 Å². The Morgan fingerprint density at radius 3 is 2.60 bits per heavy atom. The van der Waals surface area contributed by atoms with Gasteiger partial charge in [0.2, 0.25) is 5.91 Å². The van der Waals surface area contributed by atoms with Gasteiger partial charge < -0.3 is 14.5 Å². The first-order valence-corrected chi connectivity index (χ1v) is 9.14. The Kier molecular flexibility index (Phi) is 4.28. The summed E-state index contributed by atoms with van der Waals surface area (Å²) in [6.45, 7) is 2.28. The minimum absolute atomic E-state index is 0.118. The molecule has 25 heavy (non-hydrogen) atoms. The second kappa shape index (κ2) is 6.45. The van der Waals surface area contributed by atoms with Gasteiger partial charge in [-0.15, -0.1) is 0 Å². The molecule has 1 spiro atoms. The van der Waals surface area contributed by atoms with Gasteiger partial charge in [-0.05, 0) is 43.9 Å². The van der Waals surface area contributed by atoms with E-state index in [9.17, 15) is 9.18 Å². The highest BCUT2D eigenvalue weighted by Crippen LogP contribution is 2.45. The lowest BCUT2D eigenvalue weighted by Gasteiger charge is -2.61. The van der Waals surface area contributed by atoms with Crippen LogP contribution in [0.1, 0.15) is 25.7 Å². The molecule has 3 aliphatic rings. The summed E-state index contributed by atoms with van der Waals surface area (Å²) in [4.78, 5) is 16.9. The van der Waals surface area contributed by atoms with E-state index in [-0.39, 0.29) is 29.3 Å². The smallest absolute Gasteiger partial charge is 0.226 e. The molecule has 2 fully saturated rings. The summed E-state index contributed by atoms with van der Waals surface area (Å²) in [5.74, 6) is 0.202. The molecule has 5 heteroatoms. The summed E-state index contributed by atoms with van der Waals surface area (Å²) in [7, 11) is 1.75. The first-order chi connectivity index (χ1) is 12.1. The van der Waals surface area contributed by atoms with E-state index in [1.54, 1.807) is 19.2 Å². The molecule has 1 unspecified atom stereocenters. The number of benzene rings is 1. The van der Waals surface area contributed by atoms with Gasteiger partial charge in [0.05, 0.1) is 11.6 Å². The van der Waals surface area contributed by atoms with Crippen LogP contribution >= 0.6 is 0 Å². The van der Waals surface area contributed by atoms with Gasteiger partial charge in [0.25, 0.3) is 0 Å². The summed E-state index contributed by atoms with van der Waals surface area (Å²) in [6, 6.07) is 6.78. The van der Waals surface area contributed by atoms with Crippen LogP contribution in [0.3, 0.4) is 0 Å². The van der Waals surface area contributed by atoms with E-state index in [0.717, 1.165) is 51.0 Å². The standard InChI is InChI=1S/C20H25FN2O2/c1-25-18-14-23(17-8-4-7-16(21)13-17)20(18)9-11-22(12-10-20)19(24)15-5-2-3-6-15/h2-4,7-8,13,15,18H,5-6,9-12,14H2,1H3. The number of amides is 1. The lowest BCUT2D eigenvalue weighted by molar-refractivity contribution is -0.139. The molecule has 2 saturated heterocycles. The molecule has 1 aromatic carbocycles. The van der Waals surface area contributed by atoms with Crippen LogP contribution in [0.5, 0.6) is 0 Å². The van der Waals surface area contributed by atoms with Crippen LogP contribution in [0.2, 0.25) is 0 Å². The number of ether oxygens (including phenoxy) is 1. The number of anilines is 1. The lowest BCUT2D eigenvalue weighted by atomic mass is 9.73. The predicted octanol–water partition coefficient (Wildman–Crippen LogP) is 2.99. The second-order valence-corrected chi connectivity index (χ2v) is 7.38. The summed E-state index contributed by atoms with van der Waals surface area (Å²) in [5.41, 5.74) is 0.792. The van der Waals surface area contributed by atoms with E-state index in [1.165, 1.54) is 6.07 Å². The van der Waals surface area contributed by atoms with Crippen molar-refractivity contribution in [2.45, 2.75) is 37.3 Å². The number of hydrogen-bond donors (Lipinski definition) is 0. The minimum Gasteiger partial charge on any atom is -0.377 e. The number of methoxy groups -OCH3 is 1. The Balaban J connectivity index is 1.48. The zero-order valence-corrected chi connectivity index (χ0v) is 14.7. The molecule has 2 heterocycles.